The van der Waals surface area contributed by atoms with Crippen LogP contribution in [-0.2, 0) is 18.3 Å². The van der Waals surface area contributed by atoms with Gasteiger partial charge in [-0.2, -0.15) is 5.10 Å². The lowest BCUT2D eigenvalue weighted by molar-refractivity contribution is 0.0634. The summed E-state index contributed by atoms with van der Waals surface area (Å²) in [6.07, 6.45) is 2.41. The minimum absolute atomic E-state index is 0.412. The third-order valence-electron chi connectivity index (χ3n) is 3.10. The number of carbonyl (C=O) groups excluding carboxylic acids is 1. The van der Waals surface area contributed by atoms with Gasteiger partial charge in [-0.1, -0.05) is 13.8 Å². The van der Waals surface area contributed by atoms with Crippen LogP contribution in [0.4, 0.5) is 10.6 Å². The van der Waals surface area contributed by atoms with Crippen LogP contribution in [-0.4, -0.2) is 27.5 Å². The molecule has 0 aliphatic carbocycles. The number of hydrogen-bond acceptors (Lipinski definition) is 4. The molecule has 1 aromatic heterocycles. The Hall–Kier alpha value is -1.56. The fourth-order valence-corrected chi connectivity index (χ4v) is 2.25. The highest BCUT2D eigenvalue weighted by atomic mass is 16.6. The third kappa shape index (κ3) is 6.47. The van der Waals surface area contributed by atoms with Crippen molar-refractivity contribution in [1.82, 2.24) is 15.1 Å². The van der Waals surface area contributed by atoms with E-state index in [0.29, 0.717) is 24.3 Å². The van der Waals surface area contributed by atoms with Gasteiger partial charge in [0.2, 0.25) is 0 Å². The molecule has 0 saturated carbocycles. The maximum Gasteiger partial charge on any atom is 0.413 e. The fraction of sp³-hybridized carbons (Fsp3) is 0.750. The molecule has 22 heavy (non-hydrogen) atoms. The summed E-state index contributed by atoms with van der Waals surface area (Å²) in [5.74, 6) is 1.31. The van der Waals surface area contributed by atoms with Gasteiger partial charge in [0.05, 0.1) is 6.20 Å². The van der Waals surface area contributed by atoms with Crippen LogP contribution in [0.1, 0.15) is 53.5 Å². The highest BCUT2D eigenvalue weighted by Gasteiger charge is 2.19. The standard InChI is InChI=1S/C16H30N4O2/c1-11(2)8-12(3)17-9-13-10-18-20(7)14(13)19-15(21)22-16(4,5)6/h10-12,17H,8-9H2,1-7H3,(H,19,21). The van der Waals surface area contributed by atoms with E-state index in [2.05, 4.69) is 36.5 Å². The number of rotatable bonds is 6. The Morgan fingerprint density at radius 3 is 2.55 bits per heavy atom. The molecule has 1 amide bonds. The van der Waals surface area contributed by atoms with Crippen LogP contribution in [0.2, 0.25) is 0 Å². The Bertz CT molecular complexity index is 489. The van der Waals surface area contributed by atoms with Crippen molar-refractivity contribution in [1.29, 1.82) is 0 Å². The minimum Gasteiger partial charge on any atom is -0.444 e. The van der Waals surface area contributed by atoms with Gasteiger partial charge in [0, 0.05) is 25.2 Å². The fourth-order valence-electron chi connectivity index (χ4n) is 2.25. The van der Waals surface area contributed by atoms with Gasteiger partial charge >= 0.3 is 6.09 Å². The maximum atomic E-state index is 11.9. The van der Waals surface area contributed by atoms with E-state index in [-0.39, 0.29) is 0 Å². The minimum atomic E-state index is -0.521. The molecule has 6 nitrogen and oxygen atoms in total. The first-order valence-electron chi connectivity index (χ1n) is 7.82. The Labute approximate surface area is 133 Å². The second-order valence-corrected chi connectivity index (χ2v) is 7.18. The Morgan fingerprint density at radius 1 is 1.36 bits per heavy atom. The Morgan fingerprint density at radius 2 is 2.00 bits per heavy atom. The summed E-state index contributed by atoms with van der Waals surface area (Å²) < 4.78 is 6.93. The molecule has 0 saturated heterocycles. The number of aromatic nitrogens is 2. The summed E-state index contributed by atoms with van der Waals surface area (Å²) in [4.78, 5) is 11.9. The van der Waals surface area contributed by atoms with Gasteiger partial charge in [-0.25, -0.2) is 4.79 Å². The van der Waals surface area contributed by atoms with Gasteiger partial charge in [0.15, 0.2) is 0 Å². The normalized spacial score (nSPS) is 13.3. The Kier molecular flexibility index (Phi) is 6.41. The topological polar surface area (TPSA) is 68.2 Å². The first-order chi connectivity index (χ1) is 10.1. The molecule has 1 unspecified atom stereocenters. The number of carbonyl (C=O) groups is 1. The van der Waals surface area contributed by atoms with Crippen LogP contribution in [0.25, 0.3) is 0 Å². The summed E-state index contributed by atoms with van der Waals surface area (Å²) >= 11 is 0. The van der Waals surface area contributed by atoms with Crippen molar-refractivity contribution in [2.75, 3.05) is 5.32 Å². The monoisotopic (exact) mass is 310 g/mol. The zero-order valence-electron chi connectivity index (χ0n) is 14.9. The third-order valence-corrected chi connectivity index (χ3v) is 3.10. The van der Waals surface area contributed by atoms with Crippen molar-refractivity contribution < 1.29 is 9.53 Å². The molecule has 0 spiro atoms. The SMILES string of the molecule is CC(C)CC(C)NCc1cnn(C)c1NC(=O)OC(C)(C)C. The second-order valence-electron chi connectivity index (χ2n) is 7.18. The smallest absolute Gasteiger partial charge is 0.413 e. The van der Waals surface area contributed by atoms with Gasteiger partial charge in [-0.3, -0.25) is 10.00 Å². The van der Waals surface area contributed by atoms with E-state index < -0.39 is 11.7 Å². The van der Waals surface area contributed by atoms with Crippen molar-refractivity contribution in [2.24, 2.45) is 13.0 Å². The molecule has 1 aromatic rings. The molecule has 0 fully saturated rings. The molecule has 0 bridgehead atoms. The van der Waals surface area contributed by atoms with E-state index in [9.17, 15) is 4.79 Å². The lowest BCUT2D eigenvalue weighted by atomic mass is 10.1. The number of anilines is 1. The lowest BCUT2D eigenvalue weighted by Crippen LogP contribution is -2.29. The van der Waals surface area contributed by atoms with Crippen LogP contribution in [0.3, 0.4) is 0 Å². The van der Waals surface area contributed by atoms with Gasteiger partial charge in [0.25, 0.3) is 0 Å². The van der Waals surface area contributed by atoms with Crippen LogP contribution in [0.5, 0.6) is 0 Å². The van der Waals surface area contributed by atoms with Gasteiger partial charge in [-0.15, -0.1) is 0 Å². The molecular weight excluding hydrogens is 280 g/mol. The molecule has 1 rings (SSSR count). The number of hydrogen-bond donors (Lipinski definition) is 2. The predicted octanol–water partition coefficient (Wildman–Crippen LogP) is 3.29. The van der Waals surface area contributed by atoms with Crippen molar-refractivity contribution in [3.05, 3.63) is 11.8 Å². The molecule has 0 aliphatic rings. The zero-order chi connectivity index (χ0) is 16.9. The molecule has 1 heterocycles. The molecule has 6 heteroatoms. The maximum absolute atomic E-state index is 11.9. The van der Waals surface area contributed by atoms with Crippen molar-refractivity contribution in [2.45, 2.75) is 66.2 Å². The predicted molar refractivity (Wildman–Crippen MR) is 88.8 cm³/mol. The van der Waals surface area contributed by atoms with Crippen LogP contribution in [0.15, 0.2) is 6.20 Å². The quantitative estimate of drug-likeness (QED) is 0.846. The molecule has 0 radical (unpaired) electrons. The average Bonchev–Trinajstić information content (AvgIpc) is 2.65. The second kappa shape index (κ2) is 7.63. The highest BCUT2D eigenvalue weighted by molar-refractivity contribution is 5.84. The summed E-state index contributed by atoms with van der Waals surface area (Å²) in [5.41, 5.74) is 0.427. The van der Waals surface area contributed by atoms with Gasteiger partial charge in [0.1, 0.15) is 11.4 Å². The van der Waals surface area contributed by atoms with Crippen molar-refractivity contribution in [3.8, 4) is 0 Å². The highest BCUT2D eigenvalue weighted by Crippen LogP contribution is 2.16. The summed E-state index contributed by atoms with van der Waals surface area (Å²) in [5, 5.41) is 10.5. The number of nitrogens with zero attached hydrogens (tertiary/aromatic N) is 2. The average molecular weight is 310 g/mol. The molecule has 1 atom stereocenters. The van der Waals surface area contributed by atoms with E-state index in [1.807, 2.05) is 20.8 Å². The largest absolute Gasteiger partial charge is 0.444 e. The van der Waals surface area contributed by atoms with E-state index in [4.69, 9.17) is 4.74 Å². The Balaban J connectivity index is 2.65. The van der Waals surface area contributed by atoms with Crippen LogP contribution < -0.4 is 10.6 Å². The molecule has 0 aliphatic heterocycles. The summed E-state index contributed by atoms with van der Waals surface area (Å²) in [6, 6.07) is 0.412. The number of aryl methyl sites for hydroxylation is 1. The number of amides is 1. The first-order valence-corrected chi connectivity index (χ1v) is 7.82. The van der Waals surface area contributed by atoms with Gasteiger partial charge in [-0.05, 0) is 40.0 Å². The number of ether oxygens (including phenoxy) is 1. The summed E-state index contributed by atoms with van der Waals surface area (Å²) in [6.45, 7) is 12.8. The van der Waals surface area contributed by atoms with E-state index in [1.165, 1.54) is 0 Å². The molecule has 126 valence electrons. The van der Waals surface area contributed by atoms with Gasteiger partial charge < -0.3 is 10.1 Å². The van der Waals surface area contributed by atoms with Crippen LogP contribution in [0, 0.1) is 5.92 Å². The van der Waals surface area contributed by atoms with Crippen molar-refractivity contribution in [3.63, 3.8) is 0 Å². The molecular formula is C16H30N4O2. The number of nitrogens with one attached hydrogen (secondary N) is 2. The van der Waals surface area contributed by atoms with E-state index in [0.717, 1.165) is 12.0 Å². The molecule has 0 aromatic carbocycles. The first kappa shape index (κ1) is 18.5. The van der Waals surface area contributed by atoms with Crippen LogP contribution >= 0.6 is 0 Å². The van der Waals surface area contributed by atoms with E-state index in [1.54, 1.807) is 17.9 Å². The lowest BCUT2D eigenvalue weighted by Gasteiger charge is -2.20. The zero-order valence-corrected chi connectivity index (χ0v) is 14.9. The molecule has 2 N–H and O–H groups in total. The van der Waals surface area contributed by atoms with Crippen molar-refractivity contribution >= 4 is 11.9 Å². The van der Waals surface area contributed by atoms with E-state index >= 15 is 0 Å². The summed E-state index contributed by atoms with van der Waals surface area (Å²) in [7, 11) is 1.80.